The van der Waals surface area contributed by atoms with Crippen LogP contribution < -0.4 is 15.7 Å². The topological polar surface area (TPSA) is 99.7 Å². The fourth-order valence-electron chi connectivity index (χ4n) is 3.77. The Morgan fingerprint density at radius 2 is 1.72 bits per heavy atom. The zero-order valence-corrected chi connectivity index (χ0v) is 18.0. The van der Waals surface area contributed by atoms with Gasteiger partial charge in [-0.2, -0.15) is 0 Å². The second kappa shape index (κ2) is 9.01. The van der Waals surface area contributed by atoms with E-state index in [4.69, 9.17) is 4.74 Å². The average Bonchev–Trinajstić information content (AvgIpc) is 3.16. The normalized spacial score (nSPS) is 13.7. The first-order chi connectivity index (χ1) is 15.5. The molecule has 2 aromatic carbocycles. The SMILES string of the molecule is COc1cccc(C(=O)N2CCN(C(=O)Nc3ccccc3-n3c(C)c[nH]c3=O)CC2)c1. The summed E-state index contributed by atoms with van der Waals surface area (Å²) in [5.74, 6) is 0.543. The predicted octanol–water partition coefficient (Wildman–Crippen LogP) is 2.47. The lowest BCUT2D eigenvalue weighted by atomic mass is 10.1. The fourth-order valence-corrected chi connectivity index (χ4v) is 3.77. The molecule has 1 aromatic heterocycles. The van der Waals surface area contributed by atoms with Crippen LogP contribution in [0.4, 0.5) is 10.5 Å². The number of piperazine rings is 1. The molecule has 1 aliphatic rings. The molecule has 1 saturated heterocycles. The number of para-hydroxylation sites is 2. The molecule has 9 nitrogen and oxygen atoms in total. The van der Waals surface area contributed by atoms with Crippen molar-refractivity contribution < 1.29 is 14.3 Å². The van der Waals surface area contributed by atoms with Gasteiger partial charge in [-0.25, -0.2) is 9.59 Å². The van der Waals surface area contributed by atoms with Crippen molar-refractivity contribution in [3.8, 4) is 11.4 Å². The van der Waals surface area contributed by atoms with Gasteiger partial charge in [0.1, 0.15) is 5.75 Å². The average molecular weight is 435 g/mol. The number of nitrogens with one attached hydrogen (secondary N) is 2. The number of nitrogens with zero attached hydrogens (tertiary/aromatic N) is 3. The minimum Gasteiger partial charge on any atom is -0.497 e. The van der Waals surface area contributed by atoms with Crippen LogP contribution in [0.3, 0.4) is 0 Å². The zero-order chi connectivity index (χ0) is 22.7. The van der Waals surface area contributed by atoms with Gasteiger partial charge in [-0.05, 0) is 37.3 Å². The van der Waals surface area contributed by atoms with Gasteiger partial charge in [0.25, 0.3) is 5.91 Å². The van der Waals surface area contributed by atoms with E-state index >= 15 is 0 Å². The number of aryl methyl sites for hydroxylation is 1. The van der Waals surface area contributed by atoms with E-state index in [0.29, 0.717) is 48.9 Å². The number of amides is 3. The van der Waals surface area contributed by atoms with Gasteiger partial charge in [-0.3, -0.25) is 9.36 Å². The summed E-state index contributed by atoms with van der Waals surface area (Å²) in [6.45, 7) is 3.50. The van der Waals surface area contributed by atoms with Crippen LogP contribution in [0.1, 0.15) is 16.1 Å². The van der Waals surface area contributed by atoms with Gasteiger partial charge in [0.05, 0.1) is 18.5 Å². The lowest BCUT2D eigenvalue weighted by Gasteiger charge is -2.35. The van der Waals surface area contributed by atoms with Gasteiger partial charge in [-0.15, -0.1) is 0 Å². The zero-order valence-electron chi connectivity index (χ0n) is 18.0. The maximum atomic E-state index is 12.9. The monoisotopic (exact) mass is 435 g/mol. The van der Waals surface area contributed by atoms with Crippen LogP contribution in [0, 0.1) is 6.92 Å². The van der Waals surface area contributed by atoms with E-state index in [-0.39, 0.29) is 17.6 Å². The Hall–Kier alpha value is -4.01. The van der Waals surface area contributed by atoms with Gasteiger partial charge in [0, 0.05) is 43.6 Å². The molecule has 0 bridgehead atoms. The van der Waals surface area contributed by atoms with E-state index in [1.807, 2.05) is 13.0 Å². The van der Waals surface area contributed by atoms with E-state index < -0.39 is 0 Å². The van der Waals surface area contributed by atoms with Crippen LogP contribution in [0.2, 0.25) is 0 Å². The molecule has 3 amide bonds. The van der Waals surface area contributed by atoms with Gasteiger partial charge < -0.3 is 24.8 Å². The highest BCUT2D eigenvalue weighted by Crippen LogP contribution is 2.21. The number of hydrogen-bond acceptors (Lipinski definition) is 4. The van der Waals surface area contributed by atoms with Crippen LogP contribution in [0.15, 0.2) is 59.5 Å². The maximum Gasteiger partial charge on any atom is 0.330 e. The van der Waals surface area contributed by atoms with Crippen molar-refractivity contribution in [3.05, 3.63) is 76.5 Å². The Morgan fingerprint density at radius 1 is 1.00 bits per heavy atom. The highest BCUT2D eigenvalue weighted by molar-refractivity contribution is 5.95. The molecule has 3 aromatic rings. The van der Waals surface area contributed by atoms with Crippen LogP contribution in [-0.4, -0.2) is 64.6 Å². The van der Waals surface area contributed by atoms with Crippen molar-refractivity contribution in [2.24, 2.45) is 0 Å². The molecule has 0 atom stereocenters. The number of hydrogen-bond donors (Lipinski definition) is 2. The summed E-state index contributed by atoms with van der Waals surface area (Å²) in [6, 6.07) is 13.9. The highest BCUT2D eigenvalue weighted by atomic mass is 16.5. The molecule has 0 radical (unpaired) electrons. The number of anilines is 1. The Kier molecular flexibility index (Phi) is 5.98. The molecule has 0 saturated carbocycles. The van der Waals surface area contributed by atoms with Crippen molar-refractivity contribution in [2.45, 2.75) is 6.92 Å². The van der Waals surface area contributed by atoms with E-state index in [0.717, 1.165) is 5.69 Å². The maximum absolute atomic E-state index is 12.9. The first kappa shape index (κ1) is 21.2. The molecular weight excluding hydrogens is 410 g/mol. The summed E-state index contributed by atoms with van der Waals surface area (Å²) in [5, 5.41) is 2.91. The molecule has 2 N–H and O–H groups in total. The minimum absolute atomic E-state index is 0.0865. The molecule has 9 heteroatoms. The van der Waals surface area contributed by atoms with Crippen molar-refractivity contribution in [2.75, 3.05) is 38.6 Å². The van der Waals surface area contributed by atoms with Crippen molar-refractivity contribution in [1.29, 1.82) is 0 Å². The highest BCUT2D eigenvalue weighted by Gasteiger charge is 2.25. The third-order valence-corrected chi connectivity index (χ3v) is 5.52. The molecule has 2 heterocycles. The van der Waals surface area contributed by atoms with Gasteiger partial charge in [0.15, 0.2) is 0 Å². The minimum atomic E-state index is -0.271. The number of methoxy groups -OCH3 is 1. The molecular formula is C23H25N5O4. The van der Waals surface area contributed by atoms with E-state index in [1.54, 1.807) is 65.6 Å². The molecule has 4 rings (SSSR count). The molecule has 0 aliphatic carbocycles. The number of carbonyl (C=O) groups is 2. The second-order valence-corrected chi connectivity index (χ2v) is 7.53. The lowest BCUT2D eigenvalue weighted by molar-refractivity contribution is 0.0671. The fraction of sp³-hybridized carbons (Fsp3) is 0.261. The second-order valence-electron chi connectivity index (χ2n) is 7.53. The molecule has 1 fully saturated rings. The van der Waals surface area contributed by atoms with Crippen LogP contribution in [0.25, 0.3) is 5.69 Å². The number of benzene rings is 2. The summed E-state index contributed by atoms with van der Waals surface area (Å²) in [6.07, 6.45) is 1.62. The quantitative estimate of drug-likeness (QED) is 0.658. The third kappa shape index (κ3) is 4.22. The number of ether oxygens (including phenoxy) is 1. The number of imidazole rings is 1. The smallest absolute Gasteiger partial charge is 0.330 e. The summed E-state index contributed by atoms with van der Waals surface area (Å²) in [7, 11) is 1.56. The number of aromatic amines is 1. The molecule has 0 spiro atoms. The number of aromatic nitrogens is 2. The lowest BCUT2D eigenvalue weighted by Crippen LogP contribution is -2.51. The van der Waals surface area contributed by atoms with E-state index in [2.05, 4.69) is 10.3 Å². The van der Waals surface area contributed by atoms with Crippen molar-refractivity contribution in [3.63, 3.8) is 0 Å². The predicted molar refractivity (Wildman–Crippen MR) is 121 cm³/mol. The molecule has 32 heavy (non-hydrogen) atoms. The number of urea groups is 1. The summed E-state index contributed by atoms with van der Waals surface area (Å²) < 4.78 is 6.71. The Bertz CT molecular complexity index is 1190. The molecule has 1 aliphatic heterocycles. The van der Waals surface area contributed by atoms with Crippen molar-refractivity contribution in [1.82, 2.24) is 19.4 Å². The summed E-state index contributed by atoms with van der Waals surface area (Å²) in [5.41, 5.74) is 2.16. The van der Waals surface area contributed by atoms with Gasteiger partial charge in [-0.1, -0.05) is 18.2 Å². The van der Waals surface area contributed by atoms with Crippen LogP contribution in [-0.2, 0) is 0 Å². The standard InChI is InChI=1S/C23H25N5O4/c1-16-15-24-22(30)28(16)20-9-4-3-8-19(20)25-23(31)27-12-10-26(11-13-27)21(29)17-6-5-7-18(14-17)32-2/h3-9,14-15H,10-13H2,1-2H3,(H,24,30)(H,25,31). The first-order valence-electron chi connectivity index (χ1n) is 10.3. The Labute approximate surface area is 185 Å². The van der Waals surface area contributed by atoms with E-state index in [1.165, 1.54) is 4.57 Å². The number of rotatable bonds is 4. The summed E-state index contributed by atoms with van der Waals surface area (Å²) in [4.78, 5) is 43.9. The third-order valence-electron chi connectivity index (χ3n) is 5.52. The molecule has 0 unspecified atom stereocenters. The van der Waals surface area contributed by atoms with Crippen molar-refractivity contribution >= 4 is 17.6 Å². The summed E-state index contributed by atoms with van der Waals surface area (Å²) >= 11 is 0. The molecule has 166 valence electrons. The Morgan fingerprint density at radius 3 is 2.41 bits per heavy atom. The van der Waals surface area contributed by atoms with Gasteiger partial charge >= 0.3 is 11.7 Å². The van der Waals surface area contributed by atoms with Crippen LogP contribution >= 0.6 is 0 Å². The Balaban J connectivity index is 1.42. The van der Waals surface area contributed by atoms with E-state index in [9.17, 15) is 14.4 Å². The largest absolute Gasteiger partial charge is 0.497 e. The number of carbonyl (C=O) groups excluding carboxylic acids is 2. The first-order valence-corrected chi connectivity index (χ1v) is 10.3. The number of H-pyrrole nitrogens is 1. The van der Waals surface area contributed by atoms with Gasteiger partial charge in [0.2, 0.25) is 0 Å². The van der Waals surface area contributed by atoms with Crippen LogP contribution in [0.5, 0.6) is 5.75 Å².